The van der Waals surface area contributed by atoms with Gasteiger partial charge in [0.25, 0.3) is 0 Å². The molecule has 0 aromatic heterocycles. The lowest BCUT2D eigenvalue weighted by molar-refractivity contribution is 0.470. The Labute approximate surface area is 258 Å². The van der Waals surface area contributed by atoms with Crippen molar-refractivity contribution >= 4 is 10.8 Å². The van der Waals surface area contributed by atoms with Gasteiger partial charge in [0.1, 0.15) is 23.0 Å². The van der Waals surface area contributed by atoms with Crippen molar-refractivity contribution < 1.29 is 20.4 Å². The molecule has 0 radical (unpaired) electrons. The van der Waals surface area contributed by atoms with E-state index in [0.717, 1.165) is 66.4 Å². The maximum Gasteiger partial charge on any atom is 0.118 e. The zero-order valence-corrected chi connectivity index (χ0v) is 25.3. The Kier molecular flexibility index (Phi) is 7.52. The molecule has 0 aliphatic heterocycles. The van der Waals surface area contributed by atoms with Gasteiger partial charge in [0, 0.05) is 11.8 Å². The van der Waals surface area contributed by atoms with Crippen molar-refractivity contribution in [1.29, 1.82) is 0 Å². The van der Waals surface area contributed by atoms with E-state index in [1.807, 2.05) is 76.2 Å². The first kappa shape index (κ1) is 28.9. The van der Waals surface area contributed by atoms with Crippen molar-refractivity contribution in [3.8, 4) is 23.0 Å². The second-order valence-corrected chi connectivity index (χ2v) is 11.9. The fraction of sp³-hybridized carbons (Fsp3) is 0.150. The maximum atomic E-state index is 10.2. The van der Waals surface area contributed by atoms with Crippen LogP contribution in [0.2, 0.25) is 0 Å². The van der Waals surface area contributed by atoms with Crippen LogP contribution in [0.3, 0.4) is 0 Å². The number of fused-ring (bicyclic) bond motifs is 1. The monoisotopic (exact) mass is 580 g/mol. The number of benzene rings is 6. The summed E-state index contributed by atoms with van der Waals surface area (Å²) >= 11 is 0. The van der Waals surface area contributed by atoms with Crippen LogP contribution in [0.15, 0.2) is 109 Å². The van der Waals surface area contributed by atoms with Crippen molar-refractivity contribution in [2.45, 2.75) is 39.5 Å². The molecule has 0 bridgehead atoms. The second-order valence-electron chi connectivity index (χ2n) is 11.9. The maximum absolute atomic E-state index is 10.2. The third kappa shape index (κ3) is 5.47. The minimum absolute atomic E-state index is 0.0923. The van der Waals surface area contributed by atoms with Crippen molar-refractivity contribution in [3.05, 3.63) is 165 Å². The highest BCUT2D eigenvalue weighted by Crippen LogP contribution is 2.39. The van der Waals surface area contributed by atoms with Crippen molar-refractivity contribution in [2.75, 3.05) is 0 Å². The molecule has 0 atom stereocenters. The average molecular weight is 581 g/mol. The summed E-state index contributed by atoms with van der Waals surface area (Å²) in [5, 5.41) is 43.1. The van der Waals surface area contributed by atoms with Crippen molar-refractivity contribution in [2.24, 2.45) is 0 Å². The van der Waals surface area contributed by atoms with Crippen LogP contribution in [0.5, 0.6) is 23.0 Å². The summed E-state index contributed by atoms with van der Waals surface area (Å²) in [4.78, 5) is 0. The van der Waals surface area contributed by atoms with Crippen LogP contribution in [0, 0.1) is 27.7 Å². The van der Waals surface area contributed by atoms with E-state index in [1.54, 1.807) is 24.3 Å². The van der Waals surface area contributed by atoms with Gasteiger partial charge in [-0.1, -0.05) is 84.9 Å². The molecule has 6 aromatic rings. The summed E-state index contributed by atoms with van der Waals surface area (Å²) in [7, 11) is 0. The molecular weight excluding hydrogens is 544 g/mol. The molecule has 6 aromatic carbocycles. The van der Waals surface area contributed by atoms with E-state index in [1.165, 1.54) is 0 Å². The third-order valence-corrected chi connectivity index (χ3v) is 8.77. The number of aromatic hydroxyl groups is 4. The Bertz CT molecular complexity index is 1770. The lowest BCUT2D eigenvalue weighted by Crippen LogP contribution is -2.05. The van der Waals surface area contributed by atoms with E-state index in [9.17, 15) is 20.4 Å². The average Bonchev–Trinajstić information content (AvgIpc) is 3.00. The number of hydrogen-bond acceptors (Lipinski definition) is 4. The molecule has 0 aliphatic carbocycles. The van der Waals surface area contributed by atoms with Gasteiger partial charge in [0.2, 0.25) is 0 Å². The lowest BCUT2D eigenvalue weighted by Gasteiger charge is -2.22. The molecule has 6 rings (SSSR count). The van der Waals surface area contributed by atoms with Crippen molar-refractivity contribution in [1.82, 2.24) is 0 Å². The van der Waals surface area contributed by atoms with E-state index in [0.29, 0.717) is 0 Å². The van der Waals surface area contributed by atoms with Gasteiger partial charge in [-0.3, -0.25) is 0 Å². The van der Waals surface area contributed by atoms with E-state index in [4.69, 9.17) is 0 Å². The SMILES string of the molecule is Cc1cc(C(c2ccc(O)c(C)c2)c2ccc3cc(C(c4ccc(O)c(C)c4)c4ccc(O)c(C)c4)ccc3c2)ccc1O. The fourth-order valence-corrected chi connectivity index (χ4v) is 6.23. The molecule has 4 heteroatoms. The van der Waals surface area contributed by atoms with Crippen LogP contribution in [0.4, 0.5) is 0 Å². The first-order chi connectivity index (χ1) is 21.1. The van der Waals surface area contributed by atoms with Gasteiger partial charge in [-0.25, -0.2) is 0 Å². The number of hydrogen-bond donors (Lipinski definition) is 4. The molecule has 0 unspecified atom stereocenters. The molecular formula is C40H36O4. The van der Waals surface area contributed by atoms with Crippen molar-refractivity contribution in [3.63, 3.8) is 0 Å². The Morgan fingerprint density at radius 1 is 0.318 bits per heavy atom. The highest BCUT2D eigenvalue weighted by atomic mass is 16.3. The standard InChI is InChI=1S/C40H36O4/c1-23-17-29(9-13-35(23)41)39(30-10-14-36(42)24(2)18-30)33-7-5-28-22-34(8-6-27(28)21-33)40(31-11-15-37(43)25(3)19-31)32-12-16-38(44)26(4)20-32/h5-22,39-44H,1-4H3. The number of rotatable bonds is 6. The van der Waals surface area contributed by atoms with Gasteiger partial charge in [0.15, 0.2) is 0 Å². The van der Waals surface area contributed by atoms with Gasteiger partial charge in [0.05, 0.1) is 0 Å². The highest BCUT2D eigenvalue weighted by molar-refractivity contribution is 5.85. The number of aryl methyl sites for hydroxylation is 4. The van der Waals surface area contributed by atoms with Gasteiger partial charge >= 0.3 is 0 Å². The fourth-order valence-electron chi connectivity index (χ4n) is 6.23. The summed E-state index contributed by atoms with van der Waals surface area (Å²) in [5.41, 5.74) is 9.72. The third-order valence-electron chi connectivity index (χ3n) is 8.77. The summed E-state index contributed by atoms with van der Waals surface area (Å²) in [6.07, 6.45) is 0. The quantitative estimate of drug-likeness (QED) is 0.148. The van der Waals surface area contributed by atoms with Crippen LogP contribution < -0.4 is 0 Å². The highest BCUT2D eigenvalue weighted by Gasteiger charge is 2.22. The van der Waals surface area contributed by atoms with Crippen LogP contribution >= 0.6 is 0 Å². The largest absolute Gasteiger partial charge is 0.508 e. The molecule has 0 spiro atoms. The minimum Gasteiger partial charge on any atom is -0.508 e. The summed E-state index contributed by atoms with van der Waals surface area (Å²) < 4.78 is 0. The molecule has 44 heavy (non-hydrogen) atoms. The molecule has 220 valence electrons. The van der Waals surface area contributed by atoms with Gasteiger partial charge in [-0.2, -0.15) is 0 Å². The lowest BCUT2D eigenvalue weighted by atomic mass is 9.81. The summed E-state index contributed by atoms with van der Waals surface area (Å²) in [5.74, 6) is 0.881. The zero-order chi connectivity index (χ0) is 31.1. The van der Waals surface area contributed by atoms with Crippen LogP contribution in [-0.4, -0.2) is 20.4 Å². The molecule has 0 aliphatic rings. The Balaban J connectivity index is 1.47. The zero-order valence-electron chi connectivity index (χ0n) is 25.3. The smallest absolute Gasteiger partial charge is 0.118 e. The topological polar surface area (TPSA) is 80.9 Å². The normalized spacial score (nSPS) is 11.5. The molecule has 0 saturated heterocycles. The molecule has 0 fully saturated rings. The first-order valence-corrected chi connectivity index (χ1v) is 14.8. The van der Waals surface area contributed by atoms with Crippen LogP contribution in [0.25, 0.3) is 10.8 Å². The molecule has 0 heterocycles. The van der Waals surface area contributed by atoms with Crippen LogP contribution in [0.1, 0.15) is 67.5 Å². The van der Waals surface area contributed by atoms with E-state index >= 15 is 0 Å². The Morgan fingerprint density at radius 2 is 0.545 bits per heavy atom. The van der Waals surface area contributed by atoms with E-state index in [-0.39, 0.29) is 34.8 Å². The predicted molar refractivity (Wildman–Crippen MR) is 177 cm³/mol. The summed E-state index contributed by atoms with van der Waals surface area (Å²) in [6, 6.07) is 36.0. The predicted octanol–water partition coefficient (Wildman–Crippen LogP) is 9.26. The van der Waals surface area contributed by atoms with Gasteiger partial charge in [-0.05, 0) is 118 Å². The molecule has 0 saturated carbocycles. The van der Waals surface area contributed by atoms with Gasteiger partial charge in [-0.15, -0.1) is 0 Å². The second kappa shape index (κ2) is 11.5. The number of phenolic OH excluding ortho intramolecular Hbond substituents is 4. The Morgan fingerprint density at radius 3 is 0.795 bits per heavy atom. The van der Waals surface area contributed by atoms with E-state index < -0.39 is 0 Å². The van der Waals surface area contributed by atoms with Gasteiger partial charge < -0.3 is 20.4 Å². The summed E-state index contributed by atoms with van der Waals surface area (Å²) in [6.45, 7) is 7.62. The Hall–Kier alpha value is -5.22. The van der Waals surface area contributed by atoms with Crippen LogP contribution in [-0.2, 0) is 0 Å². The van der Waals surface area contributed by atoms with E-state index in [2.05, 4.69) is 36.4 Å². The molecule has 4 nitrogen and oxygen atoms in total. The molecule has 4 N–H and O–H groups in total. The molecule has 0 amide bonds. The minimum atomic E-state index is -0.0923. The first-order valence-electron chi connectivity index (χ1n) is 14.8. The number of phenols is 4.